The second-order valence-corrected chi connectivity index (χ2v) is 4.07. The van der Waals surface area contributed by atoms with Gasteiger partial charge in [-0.15, -0.1) is 0 Å². The fourth-order valence-corrected chi connectivity index (χ4v) is 1.44. The summed E-state index contributed by atoms with van der Waals surface area (Å²) in [7, 11) is 0. The fraction of sp³-hybridized carbons (Fsp3) is 0. The van der Waals surface area contributed by atoms with Crippen molar-refractivity contribution in [1.29, 1.82) is 0 Å². The summed E-state index contributed by atoms with van der Waals surface area (Å²) in [6.07, 6.45) is 4.63. The van der Waals surface area contributed by atoms with E-state index in [0.717, 1.165) is 0 Å². The van der Waals surface area contributed by atoms with Gasteiger partial charge in [0.2, 0.25) is 5.88 Å². The highest BCUT2D eigenvalue weighted by Crippen LogP contribution is 2.21. The minimum Gasteiger partial charge on any atom is -0.437 e. The minimum absolute atomic E-state index is 0.300. The highest BCUT2D eigenvalue weighted by atomic mass is 35.5. The molecule has 2 aromatic rings. The number of aromatic nitrogens is 2. The summed E-state index contributed by atoms with van der Waals surface area (Å²) >= 11 is 10.6. The molecule has 0 spiro atoms. The third-order valence-electron chi connectivity index (χ3n) is 1.92. The Morgan fingerprint density at radius 1 is 1.29 bits per heavy atom. The molecule has 0 unspecified atom stereocenters. The van der Waals surface area contributed by atoms with Gasteiger partial charge in [0.1, 0.15) is 10.7 Å². The zero-order valence-corrected chi connectivity index (χ0v) is 10.2. The van der Waals surface area contributed by atoms with E-state index < -0.39 is 0 Å². The van der Waals surface area contributed by atoms with Crippen LogP contribution in [0.25, 0.3) is 0 Å². The molecule has 0 atom stereocenters. The number of rotatable bonds is 3. The van der Waals surface area contributed by atoms with E-state index in [0.29, 0.717) is 27.2 Å². The van der Waals surface area contributed by atoms with Gasteiger partial charge in [-0.3, -0.25) is 4.98 Å². The maximum atomic E-state index is 5.78. The smallest absolute Gasteiger partial charge is 0.219 e. The number of halogens is 1. The van der Waals surface area contributed by atoms with Crippen molar-refractivity contribution in [2.24, 2.45) is 5.73 Å². The second-order valence-electron chi connectivity index (χ2n) is 3.19. The SMILES string of the molecule is NC(=S)c1ccc(Oc2cncc(Cl)c2)nc1. The topological polar surface area (TPSA) is 61.0 Å². The van der Waals surface area contributed by atoms with Crippen LogP contribution >= 0.6 is 23.8 Å². The Labute approximate surface area is 108 Å². The Bertz CT molecular complexity index is 545. The second kappa shape index (κ2) is 5.07. The van der Waals surface area contributed by atoms with Gasteiger partial charge < -0.3 is 10.5 Å². The Morgan fingerprint density at radius 2 is 2.12 bits per heavy atom. The molecule has 0 bridgehead atoms. The third-order valence-corrected chi connectivity index (χ3v) is 2.37. The molecule has 17 heavy (non-hydrogen) atoms. The lowest BCUT2D eigenvalue weighted by Gasteiger charge is -2.04. The van der Waals surface area contributed by atoms with E-state index in [1.165, 1.54) is 6.20 Å². The van der Waals surface area contributed by atoms with Crippen LogP contribution in [0.15, 0.2) is 36.8 Å². The summed E-state index contributed by atoms with van der Waals surface area (Å²) < 4.78 is 5.45. The van der Waals surface area contributed by atoms with Gasteiger partial charge in [0, 0.05) is 30.1 Å². The monoisotopic (exact) mass is 265 g/mol. The number of hydrogen-bond donors (Lipinski definition) is 1. The lowest BCUT2D eigenvalue weighted by atomic mass is 10.3. The molecule has 6 heteroatoms. The van der Waals surface area contributed by atoms with Gasteiger partial charge in [0.05, 0.1) is 11.2 Å². The molecule has 2 heterocycles. The first-order chi connectivity index (χ1) is 8.15. The molecule has 0 amide bonds. The average molecular weight is 266 g/mol. The fourth-order valence-electron chi connectivity index (χ4n) is 1.16. The van der Waals surface area contributed by atoms with Crippen molar-refractivity contribution < 1.29 is 4.74 Å². The van der Waals surface area contributed by atoms with Crippen molar-refractivity contribution in [3.8, 4) is 11.6 Å². The van der Waals surface area contributed by atoms with Crippen LogP contribution in [-0.2, 0) is 0 Å². The minimum atomic E-state index is 0.300. The molecule has 4 nitrogen and oxygen atoms in total. The zero-order valence-electron chi connectivity index (χ0n) is 8.63. The highest BCUT2D eigenvalue weighted by Gasteiger charge is 2.01. The number of hydrogen-bond acceptors (Lipinski definition) is 4. The standard InChI is InChI=1S/C11H8ClN3OS/c12-8-3-9(6-14-5-8)16-10-2-1-7(4-15-10)11(13)17/h1-6H,(H2,13,17). The highest BCUT2D eigenvalue weighted by molar-refractivity contribution is 7.80. The maximum absolute atomic E-state index is 5.78. The van der Waals surface area contributed by atoms with Crippen LogP contribution in [0.5, 0.6) is 11.6 Å². The summed E-state index contributed by atoms with van der Waals surface area (Å²) in [5.74, 6) is 0.946. The Kier molecular flexibility index (Phi) is 3.51. The molecular weight excluding hydrogens is 258 g/mol. The molecule has 0 saturated heterocycles. The summed E-state index contributed by atoms with van der Waals surface area (Å²) in [6, 6.07) is 5.07. The number of thiocarbonyl (C=S) groups is 1. The Balaban J connectivity index is 2.16. The molecule has 2 N–H and O–H groups in total. The molecule has 86 valence electrons. The summed E-state index contributed by atoms with van der Waals surface area (Å²) in [6.45, 7) is 0. The van der Waals surface area contributed by atoms with Crippen molar-refractivity contribution in [1.82, 2.24) is 9.97 Å². The molecule has 0 aliphatic heterocycles. The molecule has 0 radical (unpaired) electrons. The number of nitrogens with two attached hydrogens (primary N) is 1. The maximum Gasteiger partial charge on any atom is 0.219 e. The number of pyridine rings is 2. The Morgan fingerprint density at radius 3 is 2.71 bits per heavy atom. The molecule has 2 rings (SSSR count). The Hall–Kier alpha value is -1.72. The lowest BCUT2D eigenvalue weighted by Crippen LogP contribution is -2.09. The van der Waals surface area contributed by atoms with Gasteiger partial charge in [-0.05, 0) is 6.07 Å². The first-order valence-electron chi connectivity index (χ1n) is 4.69. The predicted molar refractivity (Wildman–Crippen MR) is 69.4 cm³/mol. The van der Waals surface area contributed by atoms with Crippen LogP contribution in [0.3, 0.4) is 0 Å². The quantitative estimate of drug-likeness (QED) is 0.865. The van der Waals surface area contributed by atoms with Crippen LogP contribution in [-0.4, -0.2) is 15.0 Å². The zero-order chi connectivity index (χ0) is 12.3. The van der Waals surface area contributed by atoms with E-state index in [9.17, 15) is 0 Å². The van der Waals surface area contributed by atoms with Crippen LogP contribution in [0.1, 0.15) is 5.56 Å². The summed E-state index contributed by atoms with van der Waals surface area (Å²) in [5, 5.41) is 0.502. The van der Waals surface area contributed by atoms with Gasteiger partial charge in [-0.1, -0.05) is 23.8 Å². The molecule has 0 aliphatic rings. The molecular formula is C11H8ClN3OS. The normalized spacial score (nSPS) is 9.94. The van der Waals surface area contributed by atoms with Gasteiger partial charge in [-0.25, -0.2) is 4.98 Å². The van der Waals surface area contributed by atoms with Gasteiger partial charge in [0.15, 0.2) is 0 Å². The van der Waals surface area contributed by atoms with Crippen LogP contribution in [0.4, 0.5) is 0 Å². The van der Waals surface area contributed by atoms with E-state index in [1.54, 1.807) is 30.6 Å². The predicted octanol–water partition coefficient (Wildman–Crippen LogP) is 2.56. The first-order valence-corrected chi connectivity index (χ1v) is 5.48. The number of ether oxygens (including phenoxy) is 1. The van der Waals surface area contributed by atoms with E-state index in [4.69, 9.17) is 34.3 Å². The van der Waals surface area contributed by atoms with E-state index in [2.05, 4.69) is 9.97 Å². The van der Waals surface area contributed by atoms with E-state index >= 15 is 0 Å². The third kappa shape index (κ3) is 3.12. The van der Waals surface area contributed by atoms with Crippen LogP contribution in [0, 0.1) is 0 Å². The molecule has 0 aromatic carbocycles. The molecule has 0 fully saturated rings. The van der Waals surface area contributed by atoms with Gasteiger partial charge in [0.25, 0.3) is 0 Å². The van der Waals surface area contributed by atoms with Crippen LogP contribution in [0.2, 0.25) is 5.02 Å². The summed E-state index contributed by atoms with van der Waals surface area (Å²) in [5.41, 5.74) is 6.15. The first kappa shape index (κ1) is 11.8. The lowest BCUT2D eigenvalue weighted by molar-refractivity contribution is 0.461. The summed E-state index contributed by atoms with van der Waals surface area (Å²) in [4.78, 5) is 8.26. The largest absolute Gasteiger partial charge is 0.437 e. The van der Waals surface area contributed by atoms with Gasteiger partial charge in [-0.2, -0.15) is 0 Å². The van der Waals surface area contributed by atoms with E-state index in [1.807, 2.05) is 0 Å². The molecule has 0 saturated carbocycles. The van der Waals surface area contributed by atoms with Crippen molar-refractivity contribution in [3.05, 3.63) is 47.4 Å². The number of nitrogens with zero attached hydrogens (tertiary/aromatic N) is 2. The average Bonchev–Trinajstić information content (AvgIpc) is 2.29. The van der Waals surface area contributed by atoms with Crippen molar-refractivity contribution >= 4 is 28.8 Å². The van der Waals surface area contributed by atoms with Crippen LogP contribution < -0.4 is 10.5 Å². The van der Waals surface area contributed by atoms with Crippen molar-refractivity contribution in [2.45, 2.75) is 0 Å². The van der Waals surface area contributed by atoms with Crippen molar-refractivity contribution in [3.63, 3.8) is 0 Å². The molecule has 0 aliphatic carbocycles. The van der Waals surface area contributed by atoms with E-state index in [-0.39, 0.29) is 0 Å². The molecule has 2 aromatic heterocycles. The van der Waals surface area contributed by atoms with Crippen molar-refractivity contribution in [2.75, 3.05) is 0 Å². The van der Waals surface area contributed by atoms with Gasteiger partial charge >= 0.3 is 0 Å².